The predicted octanol–water partition coefficient (Wildman–Crippen LogP) is 2.20. The fourth-order valence-electron chi connectivity index (χ4n) is 1.57. The number of nitrogens with two attached hydrogens (primary N) is 1. The third-order valence-corrected chi connectivity index (χ3v) is 2.74. The molecule has 0 aliphatic carbocycles. The van der Waals surface area contributed by atoms with Gasteiger partial charge in [-0.15, -0.1) is 0 Å². The van der Waals surface area contributed by atoms with E-state index in [0.717, 1.165) is 19.3 Å². The van der Waals surface area contributed by atoms with Crippen LogP contribution in [0.1, 0.15) is 31.7 Å². The van der Waals surface area contributed by atoms with Gasteiger partial charge in [0.2, 0.25) is 0 Å². The Morgan fingerprint density at radius 3 is 2.50 bits per heavy atom. The van der Waals surface area contributed by atoms with Crippen molar-refractivity contribution in [3.8, 4) is 0 Å². The summed E-state index contributed by atoms with van der Waals surface area (Å²) in [6, 6.07) is 10.2. The fraction of sp³-hybridized carbons (Fsp3) is 0.462. The van der Waals surface area contributed by atoms with Crippen molar-refractivity contribution in [2.45, 2.75) is 38.1 Å². The van der Waals surface area contributed by atoms with Gasteiger partial charge in [-0.3, -0.25) is 4.79 Å². The fourth-order valence-corrected chi connectivity index (χ4v) is 1.57. The van der Waals surface area contributed by atoms with Crippen LogP contribution in [0.15, 0.2) is 30.3 Å². The smallest absolute Gasteiger partial charge is 0.323 e. The Hall–Kier alpha value is -1.35. The zero-order chi connectivity index (χ0) is 12.0. The van der Waals surface area contributed by atoms with E-state index in [1.54, 1.807) is 6.92 Å². The molecule has 0 fully saturated rings. The minimum atomic E-state index is -1.09. The van der Waals surface area contributed by atoms with E-state index in [1.807, 2.05) is 18.2 Å². The highest BCUT2D eigenvalue weighted by Crippen LogP contribution is 2.13. The maximum atomic E-state index is 10.8. The Balaban J connectivity index is 2.25. The van der Waals surface area contributed by atoms with Gasteiger partial charge in [-0.2, -0.15) is 0 Å². The predicted molar refractivity (Wildman–Crippen MR) is 64.2 cm³/mol. The van der Waals surface area contributed by atoms with E-state index < -0.39 is 11.5 Å². The van der Waals surface area contributed by atoms with Crippen molar-refractivity contribution in [1.29, 1.82) is 0 Å². The van der Waals surface area contributed by atoms with E-state index in [2.05, 4.69) is 12.1 Å². The first-order valence-electron chi connectivity index (χ1n) is 5.58. The quantitative estimate of drug-likeness (QED) is 0.724. The second-order valence-corrected chi connectivity index (χ2v) is 4.42. The molecule has 1 rings (SSSR count). The van der Waals surface area contributed by atoms with Gasteiger partial charge in [0.1, 0.15) is 5.54 Å². The minimum absolute atomic E-state index is 0.523. The zero-order valence-electron chi connectivity index (χ0n) is 9.65. The van der Waals surface area contributed by atoms with Gasteiger partial charge in [0.15, 0.2) is 0 Å². The maximum absolute atomic E-state index is 10.8. The molecule has 0 saturated carbocycles. The molecule has 0 aliphatic rings. The van der Waals surface area contributed by atoms with Crippen LogP contribution in [-0.4, -0.2) is 16.6 Å². The average molecular weight is 221 g/mol. The van der Waals surface area contributed by atoms with Crippen molar-refractivity contribution in [3.63, 3.8) is 0 Å². The van der Waals surface area contributed by atoms with Crippen LogP contribution in [0.2, 0.25) is 0 Å². The van der Waals surface area contributed by atoms with E-state index in [9.17, 15) is 4.79 Å². The van der Waals surface area contributed by atoms with Gasteiger partial charge < -0.3 is 10.8 Å². The number of hydrogen-bond acceptors (Lipinski definition) is 2. The Kier molecular flexibility index (Phi) is 4.50. The van der Waals surface area contributed by atoms with Gasteiger partial charge in [-0.05, 0) is 31.7 Å². The van der Waals surface area contributed by atoms with E-state index in [0.29, 0.717) is 6.42 Å². The van der Waals surface area contributed by atoms with E-state index in [1.165, 1.54) is 5.56 Å². The number of carboxylic acids is 1. The lowest BCUT2D eigenvalue weighted by Crippen LogP contribution is -2.44. The number of hydrogen-bond donors (Lipinski definition) is 2. The Bertz CT molecular complexity index is 333. The number of carboxylic acid groups (broad SMARTS) is 1. The molecule has 3 heteroatoms. The molecule has 1 atom stereocenters. The molecule has 0 spiro atoms. The summed E-state index contributed by atoms with van der Waals surface area (Å²) in [5.41, 5.74) is 5.84. The van der Waals surface area contributed by atoms with Crippen molar-refractivity contribution < 1.29 is 9.90 Å². The summed E-state index contributed by atoms with van der Waals surface area (Å²) < 4.78 is 0. The van der Waals surface area contributed by atoms with Gasteiger partial charge >= 0.3 is 5.97 Å². The first-order valence-corrected chi connectivity index (χ1v) is 5.58. The molecular weight excluding hydrogens is 202 g/mol. The van der Waals surface area contributed by atoms with Gasteiger partial charge in [-0.1, -0.05) is 36.8 Å². The molecule has 0 amide bonds. The SMILES string of the molecule is C[C@@](N)(CCCCc1ccccc1)C(=O)O. The number of benzene rings is 1. The number of aryl methyl sites for hydroxylation is 1. The third kappa shape index (κ3) is 4.03. The van der Waals surface area contributed by atoms with Crippen molar-refractivity contribution >= 4 is 5.97 Å². The van der Waals surface area contributed by atoms with Crippen molar-refractivity contribution in [2.75, 3.05) is 0 Å². The second-order valence-electron chi connectivity index (χ2n) is 4.42. The number of aliphatic carboxylic acids is 1. The largest absolute Gasteiger partial charge is 0.480 e. The summed E-state index contributed by atoms with van der Waals surface area (Å²) in [6.07, 6.45) is 3.32. The van der Waals surface area contributed by atoms with Gasteiger partial charge in [0, 0.05) is 0 Å². The minimum Gasteiger partial charge on any atom is -0.480 e. The van der Waals surface area contributed by atoms with Crippen LogP contribution in [-0.2, 0) is 11.2 Å². The third-order valence-electron chi connectivity index (χ3n) is 2.74. The lowest BCUT2D eigenvalue weighted by atomic mass is 9.95. The molecule has 0 aromatic heterocycles. The molecule has 0 bridgehead atoms. The van der Waals surface area contributed by atoms with Crippen LogP contribution < -0.4 is 5.73 Å². The van der Waals surface area contributed by atoms with E-state index >= 15 is 0 Å². The molecule has 1 aromatic rings. The first-order chi connectivity index (χ1) is 7.52. The summed E-state index contributed by atoms with van der Waals surface area (Å²) >= 11 is 0. The van der Waals surface area contributed by atoms with Crippen LogP contribution in [0, 0.1) is 0 Å². The summed E-state index contributed by atoms with van der Waals surface area (Å²) in [5.74, 6) is -0.924. The van der Waals surface area contributed by atoms with Crippen LogP contribution in [0.3, 0.4) is 0 Å². The Morgan fingerprint density at radius 1 is 1.31 bits per heavy atom. The first kappa shape index (κ1) is 12.7. The van der Waals surface area contributed by atoms with Crippen molar-refractivity contribution in [1.82, 2.24) is 0 Å². The normalized spacial score (nSPS) is 14.4. The Morgan fingerprint density at radius 2 is 1.94 bits per heavy atom. The van der Waals surface area contributed by atoms with Crippen LogP contribution >= 0.6 is 0 Å². The molecule has 0 unspecified atom stereocenters. The average Bonchev–Trinajstić information content (AvgIpc) is 2.26. The van der Waals surface area contributed by atoms with Crippen LogP contribution in [0.4, 0.5) is 0 Å². The molecule has 3 nitrogen and oxygen atoms in total. The molecule has 0 heterocycles. The summed E-state index contributed by atoms with van der Waals surface area (Å²) in [4.78, 5) is 10.8. The molecule has 0 saturated heterocycles. The summed E-state index contributed by atoms with van der Waals surface area (Å²) in [6.45, 7) is 1.57. The molecule has 0 aliphatic heterocycles. The number of unbranched alkanes of at least 4 members (excludes halogenated alkanes) is 1. The maximum Gasteiger partial charge on any atom is 0.323 e. The second kappa shape index (κ2) is 5.66. The van der Waals surface area contributed by atoms with Crippen LogP contribution in [0.25, 0.3) is 0 Å². The van der Waals surface area contributed by atoms with Gasteiger partial charge in [0.05, 0.1) is 0 Å². The highest BCUT2D eigenvalue weighted by molar-refractivity contribution is 5.77. The van der Waals surface area contributed by atoms with E-state index in [4.69, 9.17) is 10.8 Å². The Labute approximate surface area is 96.3 Å². The van der Waals surface area contributed by atoms with Crippen molar-refractivity contribution in [2.24, 2.45) is 5.73 Å². The monoisotopic (exact) mass is 221 g/mol. The summed E-state index contributed by atoms with van der Waals surface area (Å²) in [5, 5.41) is 8.83. The topological polar surface area (TPSA) is 63.3 Å². The highest BCUT2D eigenvalue weighted by atomic mass is 16.4. The van der Waals surface area contributed by atoms with Gasteiger partial charge in [0.25, 0.3) is 0 Å². The van der Waals surface area contributed by atoms with Crippen molar-refractivity contribution in [3.05, 3.63) is 35.9 Å². The lowest BCUT2D eigenvalue weighted by Gasteiger charge is -2.18. The summed E-state index contributed by atoms with van der Waals surface area (Å²) in [7, 11) is 0. The molecule has 3 N–H and O–H groups in total. The van der Waals surface area contributed by atoms with Crippen LogP contribution in [0.5, 0.6) is 0 Å². The molecule has 0 radical (unpaired) electrons. The lowest BCUT2D eigenvalue weighted by molar-refractivity contribution is -0.142. The molecule has 1 aromatic carbocycles. The number of rotatable bonds is 6. The zero-order valence-corrected chi connectivity index (χ0v) is 9.65. The molecule has 88 valence electrons. The number of carbonyl (C=O) groups is 1. The molecule has 16 heavy (non-hydrogen) atoms. The highest BCUT2D eigenvalue weighted by Gasteiger charge is 2.26. The van der Waals surface area contributed by atoms with Gasteiger partial charge in [-0.25, -0.2) is 0 Å². The van der Waals surface area contributed by atoms with E-state index in [-0.39, 0.29) is 0 Å². The molecular formula is C13H19NO2. The standard InChI is InChI=1S/C13H19NO2/c1-13(14,12(15)16)10-6-5-9-11-7-3-2-4-8-11/h2-4,7-8H,5-6,9-10,14H2,1H3,(H,15,16)/t13-/m1/s1.